The molecule has 1 rings (SSSR count). The number of hydrogen-bond acceptors (Lipinski definition) is 2. The van der Waals surface area contributed by atoms with Gasteiger partial charge in [-0.2, -0.15) is 0 Å². The van der Waals surface area contributed by atoms with Gasteiger partial charge in [-0.3, -0.25) is 4.79 Å². The summed E-state index contributed by atoms with van der Waals surface area (Å²) in [4.78, 5) is 11.5. The SMILES string of the molecule is CCNC(=O)[C@H]1COCC1(C)C. The van der Waals surface area contributed by atoms with Crippen molar-refractivity contribution in [3.63, 3.8) is 0 Å². The Morgan fingerprint density at radius 3 is 2.75 bits per heavy atom. The molecule has 0 spiro atoms. The molecule has 0 bridgehead atoms. The van der Waals surface area contributed by atoms with E-state index in [9.17, 15) is 4.79 Å². The van der Waals surface area contributed by atoms with E-state index in [0.29, 0.717) is 19.8 Å². The van der Waals surface area contributed by atoms with Crippen LogP contribution in [0.1, 0.15) is 20.8 Å². The van der Waals surface area contributed by atoms with E-state index in [4.69, 9.17) is 4.74 Å². The molecule has 0 aromatic rings. The lowest BCUT2D eigenvalue weighted by atomic mass is 9.81. The molecule has 70 valence electrons. The topological polar surface area (TPSA) is 38.3 Å². The molecule has 3 nitrogen and oxygen atoms in total. The maximum absolute atomic E-state index is 11.5. The van der Waals surface area contributed by atoms with Crippen LogP contribution < -0.4 is 5.32 Å². The molecule has 0 aromatic heterocycles. The van der Waals surface area contributed by atoms with Crippen LogP contribution >= 0.6 is 0 Å². The quantitative estimate of drug-likeness (QED) is 0.667. The third kappa shape index (κ3) is 1.78. The minimum Gasteiger partial charge on any atom is -0.380 e. The molecular formula is C9H17NO2. The normalized spacial score (nSPS) is 27.1. The lowest BCUT2D eigenvalue weighted by molar-refractivity contribution is -0.127. The fraction of sp³-hybridized carbons (Fsp3) is 0.889. The number of hydrogen-bond donors (Lipinski definition) is 1. The van der Waals surface area contributed by atoms with Crippen LogP contribution in [0.4, 0.5) is 0 Å². The molecule has 1 aliphatic heterocycles. The number of carbonyl (C=O) groups is 1. The van der Waals surface area contributed by atoms with Crippen molar-refractivity contribution in [2.45, 2.75) is 20.8 Å². The van der Waals surface area contributed by atoms with Crippen LogP contribution in [0.2, 0.25) is 0 Å². The van der Waals surface area contributed by atoms with Gasteiger partial charge in [-0.05, 0) is 6.92 Å². The van der Waals surface area contributed by atoms with Crippen molar-refractivity contribution < 1.29 is 9.53 Å². The van der Waals surface area contributed by atoms with Gasteiger partial charge in [-0.1, -0.05) is 13.8 Å². The summed E-state index contributed by atoms with van der Waals surface area (Å²) in [7, 11) is 0. The van der Waals surface area contributed by atoms with Crippen LogP contribution in [0.3, 0.4) is 0 Å². The first kappa shape index (κ1) is 9.52. The van der Waals surface area contributed by atoms with Crippen LogP contribution in [0, 0.1) is 11.3 Å². The molecule has 0 unspecified atom stereocenters. The maximum atomic E-state index is 11.5. The number of rotatable bonds is 2. The van der Waals surface area contributed by atoms with Gasteiger partial charge in [0.2, 0.25) is 5.91 Å². The largest absolute Gasteiger partial charge is 0.380 e. The summed E-state index contributed by atoms with van der Waals surface area (Å²) in [5.74, 6) is 0.150. The minimum atomic E-state index is -0.000741. The van der Waals surface area contributed by atoms with Crippen molar-refractivity contribution in [2.75, 3.05) is 19.8 Å². The summed E-state index contributed by atoms with van der Waals surface area (Å²) in [6, 6.07) is 0. The molecule has 1 saturated heterocycles. The Bertz CT molecular complexity index is 177. The van der Waals surface area contributed by atoms with E-state index >= 15 is 0 Å². The Morgan fingerprint density at radius 2 is 2.33 bits per heavy atom. The summed E-state index contributed by atoms with van der Waals surface area (Å²) in [6.45, 7) is 8.03. The predicted octanol–water partition coefficient (Wildman–Crippen LogP) is 0.795. The smallest absolute Gasteiger partial charge is 0.226 e. The molecule has 0 saturated carbocycles. The number of nitrogens with one attached hydrogen (secondary N) is 1. The van der Waals surface area contributed by atoms with Gasteiger partial charge in [-0.15, -0.1) is 0 Å². The second-order valence-corrected chi connectivity index (χ2v) is 3.95. The third-order valence-electron chi connectivity index (χ3n) is 2.37. The van der Waals surface area contributed by atoms with Gasteiger partial charge in [0, 0.05) is 12.0 Å². The summed E-state index contributed by atoms with van der Waals surface area (Å²) in [6.07, 6.45) is 0. The lowest BCUT2D eigenvalue weighted by Crippen LogP contribution is -2.38. The third-order valence-corrected chi connectivity index (χ3v) is 2.37. The highest BCUT2D eigenvalue weighted by molar-refractivity contribution is 5.79. The van der Waals surface area contributed by atoms with Gasteiger partial charge in [0.15, 0.2) is 0 Å². The maximum Gasteiger partial charge on any atom is 0.226 e. The molecule has 1 N–H and O–H groups in total. The summed E-state index contributed by atoms with van der Waals surface area (Å²) < 4.78 is 5.28. The highest BCUT2D eigenvalue weighted by atomic mass is 16.5. The molecule has 1 atom stereocenters. The van der Waals surface area contributed by atoms with Crippen molar-refractivity contribution in [1.82, 2.24) is 5.32 Å². The van der Waals surface area contributed by atoms with E-state index in [-0.39, 0.29) is 17.2 Å². The predicted molar refractivity (Wildman–Crippen MR) is 46.8 cm³/mol. The molecule has 1 aliphatic rings. The fourth-order valence-electron chi connectivity index (χ4n) is 1.49. The average molecular weight is 171 g/mol. The van der Waals surface area contributed by atoms with Gasteiger partial charge in [0.25, 0.3) is 0 Å². The number of carbonyl (C=O) groups excluding carboxylic acids is 1. The van der Waals surface area contributed by atoms with Crippen molar-refractivity contribution in [3.8, 4) is 0 Å². The zero-order valence-electron chi connectivity index (χ0n) is 8.02. The summed E-state index contributed by atoms with van der Waals surface area (Å²) >= 11 is 0. The Kier molecular flexibility index (Phi) is 2.73. The second-order valence-electron chi connectivity index (χ2n) is 3.95. The van der Waals surface area contributed by atoms with Crippen LogP contribution in [0.5, 0.6) is 0 Å². The second kappa shape index (κ2) is 3.44. The zero-order valence-corrected chi connectivity index (χ0v) is 8.02. The minimum absolute atomic E-state index is 0.000741. The van der Waals surface area contributed by atoms with E-state index in [0.717, 1.165) is 0 Å². The molecule has 1 amide bonds. The van der Waals surface area contributed by atoms with E-state index in [1.54, 1.807) is 0 Å². The first-order valence-corrected chi connectivity index (χ1v) is 4.43. The van der Waals surface area contributed by atoms with E-state index < -0.39 is 0 Å². The van der Waals surface area contributed by atoms with Gasteiger partial charge < -0.3 is 10.1 Å². The molecule has 3 heteroatoms. The van der Waals surface area contributed by atoms with Gasteiger partial charge in [0.05, 0.1) is 19.1 Å². The fourth-order valence-corrected chi connectivity index (χ4v) is 1.49. The van der Waals surface area contributed by atoms with Crippen molar-refractivity contribution >= 4 is 5.91 Å². The van der Waals surface area contributed by atoms with Crippen LogP contribution in [0.25, 0.3) is 0 Å². The summed E-state index contributed by atoms with van der Waals surface area (Å²) in [5.41, 5.74) is -0.000741. The van der Waals surface area contributed by atoms with Crippen LogP contribution in [-0.4, -0.2) is 25.7 Å². The Labute approximate surface area is 73.5 Å². The van der Waals surface area contributed by atoms with E-state index in [2.05, 4.69) is 19.2 Å². The molecule has 1 heterocycles. The first-order chi connectivity index (χ1) is 5.58. The van der Waals surface area contributed by atoms with Crippen LogP contribution in [-0.2, 0) is 9.53 Å². The van der Waals surface area contributed by atoms with Crippen molar-refractivity contribution in [2.24, 2.45) is 11.3 Å². The molecule has 0 aliphatic carbocycles. The Balaban J connectivity index is 2.56. The average Bonchev–Trinajstić information content (AvgIpc) is 2.30. The lowest BCUT2D eigenvalue weighted by Gasteiger charge is -2.22. The summed E-state index contributed by atoms with van der Waals surface area (Å²) in [5, 5.41) is 2.82. The Hall–Kier alpha value is -0.570. The molecule has 0 aromatic carbocycles. The van der Waals surface area contributed by atoms with Gasteiger partial charge in [-0.25, -0.2) is 0 Å². The van der Waals surface area contributed by atoms with Crippen LogP contribution in [0.15, 0.2) is 0 Å². The highest BCUT2D eigenvalue weighted by Gasteiger charge is 2.40. The van der Waals surface area contributed by atoms with E-state index in [1.165, 1.54) is 0 Å². The first-order valence-electron chi connectivity index (χ1n) is 4.43. The molecule has 12 heavy (non-hydrogen) atoms. The Morgan fingerprint density at radius 1 is 1.67 bits per heavy atom. The molecular weight excluding hydrogens is 154 g/mol. The number of ether oxygens (including phenoxy) is 1. The van der Waals surface area contributed by atoms with E-state index in [1.807, 2.05) is 6.92 Å². The van der Waals surface area contributed by atoms with Crippen molar-refractivity contribution in [3.05, 3.63) is 0 Å². The molecule has 1 fully saturated rings. The zero-order chi connectivity index (χ0) is 9.19. The van der Waals surface area contributed by atoms with Gasteiger partial charge in [0.1, 0.15) is 0 Å². The van der Waals surface area contributed by atoms with Crippen molar-refractivity contribution in [1.29, 1.82) is 0 Å². The standard InChI is InChI=1S/C9H17NO2/c1-4-10-8(11)7-5-12-6-9(7,2)3/h7H,4-6H2,1-3H3,(H,10,11)/t7-/m1/s1. The number of amides is 1. The monoisotopic (exact) mass is 171 g/mol. The van der Waals surface area contributed by atoms with Gasteiger partial charge >= 0.3 is 0 Å². The highest BCUT2D eigenvalue weighted by Crippen LogP contribution is 2.33. The molecule has 0 radical (unpaired) electrons.